The van der Waals surface area contributed by atoms with E-state index in [0.717, 1.165) is 6.07 Å². The van der Waals surface area contributed by atoms with Crippen LogP contribution in [0, 0.1) is 3.57 Å². The quantitative estimate of drug-likeness (QED) is 0.785. The van der Waals surface area contributed by atoms with Gasteiger partial charge in [0.1, 0.15) is 5.75 Å². The van der Waals surface area contributed by atoms with Crippen molar-refractivity contribution in [1.29, 1.82) is 0 Å². The molecule has 0 aliphatic rings. The van der Waals surface area contributed by atoms with Crippen molar-refractivity contribution >= 4 is 21.2 Å². The van der Waals surface area contributed by atoms with Gasteiger partial charge in [0.05, 0.1) is 3.57 Å². The van der Waals surface area contributed by atoms with Crippen LogP contribution in [-0.2, 0) is 3.07 Å². The van der Waals surface area contributed by atoms with E-state index in [2.05, 4.69) is 4.74 Å². The van der Waals surface area contributed by atoms with Crippen molar-refractivity contribution < 1.29 is 21.0 Å². The molecule has 6 heteroatoms. The SMILES string of the molecule is O=Ic1ccccc1OC(F)(F)F. The van der Waals surface area contributed by atoms with Crippen molar-refractivity contribution in [2.75, 3.05) is 0 Å². The minimum atomic E-state index is -4.73. The standard InChI is InChI=1S/C7H4F3IO2/c8-7(9,10)13-6-4-2-1-3-5(6)11-12/h1-4H. The minimum absolute atomic E-state index is 0.110. The number of benzene rings is 1. The summed E-state index contributed by atoms with van der Waals surface area (Å²) >= 11 is -1.64. The molecule has 2 nitrogen and oxygen atoms in total. The first-order chi connectivity index (χ1) is 6.03. The highest BCUT2D eigenvalue weighted by Gasteiger charge is 2.32. The lowest BCUT2D eigenvalue weighted by atomic mass is 10.3. The van der Waals surface area contributed by atoms with Gasteiger partial charge in [0.2, 0.25) is 0 Å². The van der Waals surface area contributed by atoms with Crippen LogP contribution in [0.3, 0.4) is 0 Å². The van der Waals surface area contributed by atoms with Crippen LogP contribution in [0.15, 0.2) is 24.3 Å². The highest BCUT2D eigenvalue weighted by atomic mass is 127. The molecule has 0 fully saturated rings. The zero-order valence-electron chi connectivity index (χ0n) is 6.14. The monoisotopic (exact) mass is 304 g/mol. The van der Waals surface area contributed by atoms with Crippen molar-refractivity contribution in [1.82, 2.24) is 0 Å². The molecule has 0 aromatic heterocycles. The molecule has 13 heavy (non-hydrogen) atoms. The number of para-hydroxylation sites is 1. The number of alkyl halides is 3. The molecule has 0 unspecified atom stereocenters. The van der Waals surface area contributed by atoms with Crippen molar-refractivity contribution in [3.63, 3.8) is 0 Å². The van der Waals surface area contributed by atoms with Gasteiger partial charge >= 0.3 is 6.36 Å². The number of halogens is 4. The Morgan fingerprint density at radius 2 is 1.85 bits per heavy atom. The average Bonchev–Trinajstić information content (AvgIpc) is 2.02. The van der Waals surface area contributed by atoms with Crippen molar-refractivity contribution in [2.24, 2.45) is 0 Å². The minimum Gasteiger partial charge on any atom is -0.405 e. The maximum Gasteiger partial charge on any atom is 0.573 e. The second kappa shape index (κ2) is 4.03. The second-order valence-corrected chi connectivity index (χ2v) is 3.66. The van der Waals surface area contributed by atoms with Gasteiger partial charge in [0.25, 0.3) is 0 Å². The van der Waals surface area contributed by atoms with Gasteiger partial charge in [-0.2, -0.15) is 0 Å². The molecule has 0 N–H and O–H groups in total. The lowest BCUT2D eigenvalue weighted by Gasteiger charge is -2.09. The van der Waals surface area contributed by atoms with E-state index in [1.54, 1.807) is 0 Å². The van der Waals surface area contributed by atoms with Crippen molar-refractivity contribution in [3.8, 4) is 5.75 Å². The molecule has 0 saturated carbocycles. The van der Waals surface area contributed by atoms with Gasteiger partial charge < -0.3 is 4.74 Å². The highest BCUT2D eigenvalue weighted by molar-refractivity contribution is 14.1. The fraction of sp³-hybridized carbons (Fsp3) is 0.143. The van der Waals surface area contributed by atoms with E-state index in [0.29, 0.717) is 0 Å². The predicted octanol–water partition coefficient (Wildman–Crippen LogP) is 3.07. The molecule has 72 valence electrons. The lowest BCUT2D eigenvalue weighted by Crippen LogP contribution is -2.17. The Labute approximate surface area is 82.3 Å². The van der Waals surface area contributed by atoms with E-state index in [4.69, 9.17) is 0 Å². The van der Waals surface area contributed by atoms with Crippen LogP contribution in [0.4, 0.5) is 13.2 Å². The third-order valence-corrected chi connectivity index (χ3v) is 2.51. The summed E-state index contributed by atoms with van der Waals surface area (Å²) in [6, 6.07) is 5.39. The number of rotatable bonds is 2. The Bertz CT molecular complexity index is 311. The van der Waals surface area contributed by atoms with Crippen LogP contribution in [0.2, 0.25) is 0 Å². The molecule has 0 atom stereocenters. The molecule has 0 spiro atoms. The van der Waals surface area contributed by atoms with E-state index >= 15 is 0 Å². The normalized spacial score (nSPS) is 11.3. The summed E-state index contributed by atoms with van der Waals surface area (Å²) in [5, 5.41) is 0. The zero-order chi connectivity index (χ0) is 9.90. The molecule has 1 aromatic rings. The van der Waals surface area contributed by atoms with Gasteiger partial charge in [0, 0.05) is 0 Å². The summed E-state index contributed by atoms with van der Waals surface area (Å²) in [5.41, 5.74) is 0. The molecule has 0 bridgehead atoms. The van der Waals surface area contributed by atoms with E-state index < -0.39 is 27.6 Å². The van der Waals surface area contributed by atoms with Crippen LogP contribution in [0.25, 0.3) is 0 Å². The zero-order valence-corrected chi connectivity index (χ0v) is 8.30. The van der Waals surface area contributed by atoms with Crippen LogP contribution in [-0.4, -0.2) is 6.36 Å². The largest absolute Gasteiger partial charge is 0.573 e. The molecular weight excluding hydrogens is 300 g/mol. The van der Waals surface area contributed by atoms with Gasteiger partial charge in [-0.05, 0) is 12.1 Å². The van der Waals surface area contributed by atoms with Gasteiger partial charge in [-0.1, -0.05) is 12.1 Å². The summed E-state index contributed by atoms with van der Waals surface area (Å²) in [6.45, 7) is 0. The van der Waals surface area contributed by atoms with E-state index in [9.17, 15) is 16.2 Å². The molecule has 0 heterocycles. The van der Waals surface area contributed by atoms with Gasteiger partial charge in [0.15, 0.2) is 21.2 Å². The molecular formula is C7H4F3IO2. The molecule has 0 aliphatic heterocycles. The van der Waals surface area contributed by atoms with Gasteiger partial charge in [-0.25, -0.2) is 0 Å². The summed E-state index contributed by atoms with van der Waals surface area (Å²) < 4.78 is 49.5. The Morgan fingerprint density at radius 3 is 2.38 bits per heavy atom. The van der Waals surface area contributed by atoms with Crippen molar-refractivity contribution in [2.45, 2.75) is 6.36 Å². The molecule has 1 rings (SSSR count). The maximum atomic E-state index is 11.7. The predicted molar refractivity (Wildman–Crippen MR) is 46.5 cm³/mol. The van der Waals surface area contributed by atoms with Crippen LogP contribution >= 0.6 is 21.2 Å². The Kier molecular flexibility index (Phi) is 3.23. The summed E-state index contributed by atoms with van der Waals surface area (Å²) in [5.74, 6) is -0.377. The second-order valence-electron chi connectivity index (χ2n) is 2.06. The first-order valence-electron chi connectivity index (χ1n) is 3.15. The van der Waals surface area contributed by atoms with Gasteiger partial charge in [-0.3, -0.25) is 3.07 Å². The van der Waals surface area contributed by atoms with Crippen molar-refractivity contribution in [3.05, 3.63) is 27.8 Å². The Hall–Kier alpha value is -0.660. The van der Waals surface area contributed by atoms with Crippen LogP contribution in [0.5, 0.6) is 5.75 Å². The maximum absolute atomic E-state index is 11.7. The van der Waals surface area contributed by atoms with E-state index in [-0.39, 0.29) is 9.32 Å². The third-order valence-electron chi connectivity index (χ3n) is 1.15. The number of hydrogen-bond acceptors (Lipinski definition) is 2. The van der Waals surface area contributed by atoms with Crippen LogP contribution in [0.1, 0.15) is 0 Å². The lowest BCUT2D eigenvalue weighted by molar-refractivity contribution is -0.274. The molecule has 0 amide bonds. The molecule has 0 aliphatic carbocycles. The highest BCUT2D eigenvalue weighted by Crippen LogP contribution is 2.28. The third kappa shape index (κ3) is 3.29. The first kappa shape index (κ1) is 10.4. The summed E-state index contributed by atoms with van der Waals surface area (Å²) in [4.78, 5) is 0. The average molecular weight is 304 g/mol. The number of ether oxygens (including phenoxy) is 1. The fourth-order valence-electron chi connectivity index (χ4n) is 0.716. The number of hydrogen-bond donors (Lipinski definition) is 0. The van der Waals surface area contributed by atoms with E-state index in [1.807, 2.05) is 0 Å². The summed E-state index contributed by atoms with van der Waals surface area (Å²) in [6.07, 6.45) is -4.73. The van der Waals surface area contributed by atoms with E-state index in [1.165, 1.54) is 18.2 Å². The molecule has 0 saturated heterocycles. The first-order valence-corrected chi connectivity index (χ1v) is 5.11. The van der Waals surface area contributed by atoms with Gasteiger partial charge in [-0.15, -0.1) is 13.2 Å². The van der Waals surface area contributed by atoms with Crippen LogP contribution < -0.4 is 4.74 Å². The fourth-order valence-corrected chi connectivity index (χ4v) is 1.58. The smallest absolute Gasteiger partial charge is 0.405 e. The molecule has 0 radical (unpaired) electrons. The Balaban J connectivity index is 2.94. The Morgan fingerprint density at radius 1 is 1.23 bits per heavy atom. The summed E-state index contributed by atoms with van der Waals surface area (Å²) in [7, 11) is 0. The molecule has 1 aromatic carbocycles. The topological polar surface area (TPSA) is 26.3 Å².